The molecule has 2 aromatic rings. The summed E-state index contributed by atoms with van der Waals surface area (Å²) in [5.74, 6) is -0.996. The van der Waals surface area contributed by atoms with Crippen LogP contribution in [0.2, 0.25) is 0 Å². The second-order valence-corrected chi connectivity index (χ2v) is 9.45. The summed E-state index contributed by atoms with van der Waals surface area (Å²) in [5.41, 5.74) is -0.644. The molecule has 1 aliphatic heterocycles. The molecule has 1 saturated heterocycles. The van der Waals surface area contributed by atoms with E-state index in [2.05, 4.69) is 0 Å². The van der Waals surface area contributed by atoms with E-state index in [0.717, 1.165) is 4.90 Å². The molecular formula is C22H30N2O4S. The van der Waals surface area contributed by atoms with Crippen molar-refractivity contribution in [3.8, 4) is 5.75 Å². The van der Waals surface area contributed by atoms with Crippen molar-refractivity contribution in [2.45, 2.75) is 17.8 Å². The fraction of sp³-hybridized carbons (Fsp3) is 0.455. The number of rotatable bonds is 7. The van der Waals surface area contributed by atoms with Gasteiger partial charge in [-0.3, -0.25) is 0 Å². The Labute approximate surface area is 182 Å². The normalized spacial score (nSPS) is 27.2. The molecule has 0 radical (unpaired) electrons. The van der Waals surface area contributed by atoms with Crippen molar-refractivity contribution in [2.24, 2.45) is 5.92 Å². The Bertz CT molecular complexity index is 1110. The minimum absolute atomic E-state index is 0.00223. The molecule has 3 rings (SSSR count). The second kappa shape index (κ2) is 8.83. The molecule has 0 unspecified atom stereocenters. The maximum absolute atomic E-state index is 13.2. The number of aliphatic hydroxyl groups is 1. The zero-order valence-corrected chi connectivity index (χ0v) is 17.1. The first-order valence-corrected chi connectivity index (χ1v) is 11.0. The number of piperidine rings is 1. The largest absolute Gasteiger partial charge is 0.497 e. The molecule has 29 heavy (non-hydrogen) atoms. The third kappa shape index (κ3) is 4.98. The first kappa shape index (κ1) is 15.0. The van der Waals surface area contributed by atoms with E-state index in [9.17, 15) is 13.5 Å². The Kier molecular flexibility index (Phi) is 4.56. The summed E-state index contributed by atoms with van der Waals surface area (Å²) in [6, 6.07) is 14.7. The first-order valence-electron chi connectivity index (χ1n) is 12.4. The van der Waals surface area contributed by atoms with Crippen molar-refractivity contribution in [2.75, 3.05) is 40.7 Å². The van der Waals surface area contributed by atoms with Gasteiger partial charge in [-0.05, 0) is 43.7 Å². The summed E-state index contributed by atoms with van der Waals surface area (Å²) in [4.78, 5) is 1.10. The van der Waals surface area contributed by atoms with E-state index < -0.39 is 35.6 Å². The van der Waals surface area contributed by atoms with Gasteiger partial charge in [0.25, 0.3) is 0 Å². The molecule has 1 aliphatic rings. The predicted octanol–water partition coefficient (Wildman–Crippen LogP) is 2.30. The smallest absolute Gasteiger partial charge is 0.218 e. The van der Waals surface area contributed by atoms with Crippen LogP contribution in [0.1, 0.15) is 25.8 Å². The Morgan fingerprint density at radius 1 is 1.28 bits per heavy atom. The standard InChI is InChI=1S/C22H30N2O4S/c1-23(2)15-20-16-24(29(26,27)17-18-8-5-4-6-9-18)13-12-22(20,25)19-10-7-11-21(14-19)28-3/h4-11,14,20,25H,12-13,15-17H2,1-3H3/t20-,22-/m1/s1/i1D3,3D3. The van der Waals surface area contributed by atoms with Crippen molar-refractivity contribution in [1.82, 2.24) is 9.21 Å². The molecule has 0 aromatic heterocycles. The third-order valence-electron chi connectivity index (χ3n) is 5.37. The van der Waals surface area contributed by atoms with E-state index in [1.165, 1.54) is 29.6 Å². The number of sulfonamides is 1. The van der Waals surface area contributed by atoms with Gasteiger partial charge in [-0.1, -0.05) is 42.5 Å². The van der Waals surface area contributed by atoms with Gasteiger partial charge in [0.05, 0.1) is 22.5 Å². The van der Waals surface area contributed by atoms with Gasteiger partial charge in [-0.2, -0.15) is 0 Å². The van der Waals surface area contributed by atoms with Gasteiger partial charge in [0, 0.05) is 29.7 Å². The Hall–Kier alpha value is -1.93. The van der Waals surface area contributed by atoms with Crippen molar-refractivity contribution in [1.29, 1.82) is 0 Å². The van der Waals surface area contributed by atoms with Crippen LogP contribution in [0.5, 0.6) is 5.75 Å². The Morgan fingerprint density at radius 3 is 2.79 bits per heavy atom. The van der Waals surface area contributed by atoms with Crippen molar-refractivity contribution in [3.05, 3.63) is 65.7 Å². The summed E-state index contributed by atoms with van der Waals surface area (Å²) in [5, 5.41) is 11.8. The van der Waals surface area contributed by atoms with Gasteiger partial charge >= 0.3 is 0 Å². The summed E-state index contributed by atoms with van der Waals surface area (Å²) in [7, 11) is -5.04. The van der Waals surface area contributed by atoms with Gasteiger partial charge in [-0.25, -0.2) is 12.7 Å². The first-order chi connectivity index (χ1) is 16.1. The van der Waals surface area contributed by atoms with Crippen molar-refractivity contribution >= 4 is 10.0 Å². The zero-order chi connectivity index (χ0) is 26.1. The lowest BCUT2D eigenvalue weighted by Gasteiger charge is -2.45. The topological polar surface area (TPSA) is 70.1 Å². The fourth-order valence-electron chi connectivity index (χ4n) is 3.86. The number of hydrogen-bond donors (Lipinski definition) is 1. The number of benzene rings is 2. The summed E-state index contributed by atoms with van der Waals surface area (Å²) in [6.07, 6.45) is -0.00223. The molecule has 0 amide bonds. The van der Waals surface area contributed by atoms with Crippen LogP contribution in [0.15, 0.2) is 54.6 Å². The van der Waals surface area contributed by atoms with Crippen LogP contribution < -0.4 is 4.74 Å². The lowest BCUT2D eigenvalue weighted by atomic mass is 9.76. The average Bonchev–Trinajstić information content (AvgIpc) is 2.74. The molecule has 1 N–H and O–H groups in total. The van der Waals surface area contributed by atoms with Crippen molar-refractivity contribution < 1.29 is 26.5 Å². The molecule has 7 heteroatoms. The maximum Gasteiger partial charge on any atom is 0.218 e. The molecule has 158 valence electrons. The lowest BCUT2D eigenvalue weighted by Crippen LogP contribution is -2.54. The molecule has 0 spiro atoms. The molecule has 2 aromatic carbocycles. The summed E-state index contributed by atoms with van der Waals surface area (Å²) < 4.78 is 77.7. The van der Waals surface area contributed by atoms with E-state index in [0.29, 0.717) is 11.1 Å². The number of methoxy groups -OCH3 is 1. The van der Waals surface area contributed by atoms with Gasteiger partial charge in [0.15, 0.2) is 0 Å². The summed E-state index contributed by atoms with van der Waals surface area (Å²) >= 11 is 0. The number of ether oxygens (including phenoxy) is 1. The molecule has 0 aliphatic carbocycles. The molecule has 0 saturated carbocycles. The van der Waals surface area contributed by atoms with E-state index in [-0.39, 0.29) is 37.6 Å². The molecule has 0 bridgehead atoms. The molecule has 2 atom stereocenters. The van der Waals surface area contributed by atoms with Crippen LogP contribution in [0, 0.1) is 5.92 Å². The van der Waals surface area contributed by atoms with Crippen LogP contribution in [0.25, 0.3) is 0 Å². The molecule has 6 nitrogen and oxygen atoms in total. The van der Waals surface area contributed by atoms with E-state index in [4.69, 9.17) is 13.0 Å². The quantitative estimate of drug-likeness (QED) is 0.739. The number of hydrogen-bond acceptors (Lipinski definition) is 5. The SMILES string of the molecule is [2H]C([2H])([2H])Oc1cccc([C@]2(O)CCN(S(=O)(=O)Cc3ccccc3)C[C@H]2CN(C)C([2H])([2H])[2H])c1. The van der Waals surface area contributed by atoms with Crippen LogP contribution in [-0.4, -0.2) is 63.4 Å². The van der Waals surface area contributed by atoms with Crippen LogP contribution in [0.3, 0.4) is 0 Å². The summed E-state index contributed by atoms with van der Waals surface area (Å²) in [6.45, 7) is -2.65. The van der Waals surface area contributed by atoms with E-state index >= 15 is 0 Å². The Morgan fingerprint density at radius 2 is 2.07 bits per heavy atom. The number of nitrogens with zero attached hydrogens (tertiary/aromatic N) is 2. The van der Waals surface area contributed by atoms with Gasteiger partial charge in [0.1, 0.15) is 5.75 Å². The van der Waals surface area contributed by atoms with E-state index in [1.807, 2.05) is 0 Å². The fourth-order valence-corrected chi connectivity index (χ4v) is 5.44. The Balaban J connectivity index is 1.93. The highest BCUT2D eigenvalue weighted by atomic mass is 32.2. The zero-order valence-electron chi connectivity index (χ0n) is 22.3. The minimum atomic E-state index is -3.74. The van der Waals surface area contributed by atoms with Crippen LogP contribution in [0.4, 0.5) is 0 Å². The van der Waals surface area contributed by atoms with E-state index in [1.54, 1.807) is 36.4 Å². The van der Waals surface area contributed by atoms with Crippen LogP contribution >= 0.6 is 0 Å². The second-order valence-electron chi connectivity index (χ2n) is 7.48. The third-order valence-corrected chi connectivity index (χ3v) is 7.19. The molecule has 1 fully saturated rings. The van der Waals surface area contributed by atoms with Gasteiger partial charge in [0.2, 0.25) is 10.0 Å². The van der Waals surface area contributed by atoms with Crippen LogP contribution in [-0.2, 0) is 21.4 Å². The maximum atomic E-state index is 13.2. The van der Waals surface area contributed by atoms with Gasteiger partial charge < -0.3 is 14.7 Å². The average molecular weight is 425 g/mol. The monoisotopic (exact) mass is 424 g/mol. The lowest BCUT2D eigenvalue weighted by molar-refractivity contribution is -0.0698. The highest BCUT2D eigenvalue weighted by Gasteiger charge is 2.45. The minimum Gasteiger partial charge on any atom is -0.497 e. The highest BCUT2D eigenvalue weighted by Crippen LogP contribution is 2.40. The highest BCUT2D eigenvalue weighted by molar-refractivity contribution is 7.88. The van der Waals surface area contributed by atoms with Crippen molar-refractivity contribution in [3.63, 3.8) is 0 Å². The predicted molar refractivity (Wildman–Crippen MR) is 114 cm³/mol. The molecule has 1 heterocycles. The van der Waals surface area contributed by atoms with Gasteiger partial charge in [-0.15, -0.1) is 0 Å². The molecular weight excluding hydrogens is 388 g/mol.